The van der Waals surface area contributed by atoms with Gasteiger partial charge in [-0.3, -0.25) is 5.11 Å². The van der Waals surface area contributed by atoms with Gasteiger partial charge in [0.25, 0.3) is 0 Å². The molecule has 1 unspecified atom stereocenters. The van der Waals surface area contributed by atoms with Crippen molar-refractivity contribution in [3.8, 4) is 11.5 Å². The number of benzene rings is 1. The average Bonchev–Trinajstić information content (AvgIpc) is 2.21. The van der Waals surface area contributed by atoms with Crippen LogP contribution in [-0.4, -0.2) is 18.7 Å². The zero-order valence-corrected chi connectivity index (χ0v) is 8.73. The number of hydrogen-bond donors (Lipinski definition) is 0. The van der Waals surface area contributed by atoms with Gasteiger partial charge in [0.1, 0.15) is 0 Å². The fraction of sp³-hybridized carbons (Fsp3) is 0.364. The molecule has 4 nitrogen and oxygen atoms in total. The van der Waals surface area contributed by atoms with Crippen molar-refractivity contribution in [2.75, 3.05) is 6.61 Å². The van der Waals surface area contributed by atoms with E-state index in [1.807, 2.05) is 0 Å². The van der Waals surface area contributed by atoms with Crippen LogP contribution < -0.4 is 4.74 Å². The quantitative estimate of drug-likeness (QED) is 0.714. The summed E-state index contributed by atoms with van der Waals surface area (Å²) >= 11 is 0. The molecule has 81 valence electrons. The van der Waals surface area contributed by atoms with E-state index < -0.39 is 12.1 Å². The second-order valence-electron chi connectivity index (χ2n) is 2.96. The van der Waals surface area contributed by atoms with Crippen molar-refractivity contribution in [1.82, 2.24) is 0 Å². The number of carbonyl (C=O) groups excluding carboxylic acids is 1. The van der Waals surface area contributed by atoms with Crippen molar-refractivity contribution in [3.05, 3.63) is 24.3 Å². The van der Waals surface area contributed by atoms with Gasteiger partial charge >= 0.3 is 5.97 Å². The highest BCUT2D eigenvalue weighted by atomic mass is 16.6. The molecule has 1 atom stereocenters. The second kappa shape index (κ2) is 5.24. The van der Waals surface area contributed by atoms with Crippen molar-refractivity contribution in [1.29, 1.82) is 0 Å². The van der Waals surface area contributed by atoms with Crippen molar-refractivity contribution >= 4 is 5.97 Å². The first-order valence-electron chi connectivity index (χ1n) is 4.74. The topological polar surface area (TPSA) is 55.4 Å². The first kappa shape index (κ1) is 11.4. The zero-order chi connectivity index (χ0) is 11.3. The minimum absolute atomic E-state index is 0.165. The van der Waals surface area contributed by atoms with E-state index in [1.54, 1.807) is 26.0 Å². The normalized spacial score (nSPS) is 11.9. The maximum Gasteiger partial charge on any atom is 0.347 e. The molecule has 1 radical (unpaired) electrons. The van der Waals surface area contributed by atoms with E-state index in [-0.39, 0.29) is 11.5 Å². The van der Waals surface area contributed by atoms with Gasteiger partial charge in [-0.15, -0.1) is 0 Å². The molecular formula is C11H13O4. The van der Waals surface area contributed by atoms with Crippen LogP contribution in [0.1, 0.15) is 13.8 Å². The SMILES string of the molecule is CCOC(=O)C(C)Oc1ccccc1[O]. The van der Waals surface area contributed by atoms with Gasteiger partial charge in [0.15, 0.2) is 11.9 Å². The van der Waals surface area contributed by atoms with E-state index in [1.165, 1.54) is 12.1 Å². The molecule has 0 aliphatic carbocycles. The fourth-order valence-corrected chi connectivity index (χ4v) is 1.05. The number of rotatable bonds is 4. The standard InChI is InChI=1S/C11H13O4/c1-3-14-11(13)8(2)15-10-7-5-4-6-9(10)12/h4-8H,3H2,1-2H3. The first-order chi connectivity index (χ1) is 7.15. The smallest absolute Gasteiger partial charge is 0.347 e. The molecule has 1 aromatic carbocycles. The number of para-hydroxylation sites is 2. The fourth-order valence-electron chi connectivity index (χ4n) is 1.05. The molecule has 1 rings (SSSR count). The summed E-state index contributed by atoms with van der Waals surface area (Å²) in [7, 11) is 0. The molecule has 0 aromatic heterocycles. The summed E-state index contributed by atoms with van der Waals surface area (Å²) in [5.41, 5.74) is 0. The van der Waals surface area contributed by atoms with Crippen molar-refractivity contribution in [3.63, 3.8) is 0 Å². The zero-order valence-electron chi connectivity index (χ0n) is 8.73. The highest BCUT2D eigenvalue weighted by molar-refractivity contribution is 5.74. The van der Waals surface area contributed by atoms with Gasteiger partial charge in [0.2, 0.25) is 5.75 Å². The molecular weight excluding hydrogens is 196 g/mol. The Morgan fingerprint density at radius 3 is 2.67 bits per heavy atom. The van der Waals surface area contributed by atoms with Crippen LogP contribution in [0.25, 0.3) is 0 Å². The van der Waals surface area contributed by atoms with E-state index in [9.17, 15) is 9.90 Å². The Balaban J connectivity index is 2.62. The Kier molecular flexibility index (Phi) is 3.97. The van der Waals surface area contributed by atoms with Crippen molar-refractivity contribution in [2.24, 2.45) is 0 Å². The maximum absolute atomic E-state index is 11.3. The van der Waals surface area contributed by atoms with Gasteiger partial charge in [-0.05, 0) is 26.0 Å². The van der Waals surface area contributed by atoms with Crippen molar-refractivity contribution in [2.45, 2.75) is 20.0 Å². The number of esters is 1. The van der Waals surface area contributed by atoms with Crippen LogP contribution in [0.4, 0.5) is 0 Å². The molecule has 0 heterocycles. The number of hydrogen-bond acceptors (Lipinski definition) is 3. The molecule has 0 fully saturated rings. The molecule has 0 aliphatic heterocycles. The predicted octanol–water partition coefficient (Wildman–Crippen LogP) is 2.16. The Bertz CT molecular complexity index is 335. The van der Waals surface area contributed by atoms with Crippen LogP contribution in [0.2, 0.25) is 0 Å². The van der Waals surface area contributed by atoms with E-state index in [0.29, 0.717) is 6.61 Å². The minimum atomic E-state index is -0.764. The largest absolute Gasteiger partial charge is 0.475 e. The van der Waals surface area contributed by atoms with Crippen LogP contribution in [0.5, 0.6) is 11.5 Å². The summed E-state index contributed by atoms with van der Waals surface area (Å²) in [6, 6.07) is 6.20. The number of ether oxygens (including phenoxy) is 2. The monoisotopic (exact) mass is 209 g/mol. The molecule has 0 saturated carbocycles. The maximum atomic E-state index is 11.3. The van der Waals surface area contributed by atoms with E-state index in [0.717, 1.165) is 0 Å². The van der Waals surface area contributed by atoms with Crippen LogP contribution in [0, 0.1) is 0 Å². The molecule has 1 aromatic rings. The molecule has 0 aliphatic rings. The van der Waals surface area contributed by atoms with Gasteiger partial charge in [0.05, 0.1) is 6.61 Å². The summed E-state index contributed by atoms with van der Waals surface area (Å²) in [5.74, 6) is -0.549. The third kappa shape index (κ3) is 3.16. The Labute approximate surface area is 88.4 Å². The first-order valence-corrected chi connectivity index (χ1v) is 4.74. The summed E-state index contributed by atoms with van der Waals surface area (Å²) in [4.78, 5) is 11.2. The van der Waals surface area contributed by atoms with Crippen LogP contribution >= 0.6 is 0 Å². The third-order valence-electron chi connectivity index (χ3n) is 1.77. The molecule has 4 heteroatoms. The average molecular weight is 209 g/mol. The number of carbonyl (C=O) groups is 1. The van der Waals surface area contributed by atoms with Gasteiger partial charge in [-0.1, -0.05) is 12.1 Å². The van der Waals surface area contributed by atoms with Gasteiger partial charge in [0, 0.05) is 0 Å². The van der Waals surface area contributed by atoms with E-state index >= 15 is 0 Å². The lowest BCUT2D eigenvalue weighted by atomic mass is 10.3. The van der Waals surface area contributed by atoms with Crippen LogP contribution in [0.3, 0.4) is 0 Å². The summed E-state index contributed by atoms with van der Waals surface area (Å²) in [6.07, 6.45) is -0.764. The Hall–Kier alpha value is -1.71. The molecule has 0 spiro atoms. The van der Waals surface area contributed by atoms with Gasteiger partial charge in [-0.2, -0.15) is 0 Å². The van der Waals surface area contributed by atoms with Crippen LogP contribution in [0.15, 0.2) is 24.3 Å². The van der Waals surface area contributed by atoms with Gasteiger partial charge < -0.3 is 9.47 Å². The third-order valence-corrected chi connectivity index (χ3v) is 1.77. The van der Waals surface area contributed by atoms with Crippen LogP contribution in [-0.2, 0) is 14.6 Å². The second-order valence-corrected chi connectivity index (χ2v) is 2.96. The summed E-state index contributed by atoms with van der Waals surface area (Å²) in [6.45, 7) is 3.56. The summed E-state index contributed by atoms with van der Waals surface area (Å²) < 4.78 is 9.92. The molecule has 0 amide bonds. The highest BCUT2D eigenvalue weighted by Crippen LogP contribution is 2.26. The lowest BCUT2D eigenvalue weighted by molar-refractivity contribution is -0.150. The van der Waals surface area contributed by atoms with E-state index in [4.69, 9.17) is 9.47 Å². The summed E-state index contributed by atoms with van der Waals surface area (Å²) in [5, 5.41) is 11.3. The van der Waals surface area contributed by atoms with Gasteiger partial charge in [-0.25, -0.2) is 4.79 Å². The Morgan fingerprint density at radius 2 is 2.07 bits per heavy atom. The highest BCUT2D eigenvalue weighted by Gasteiger charge is 2.17. The van der Waals surface area contributed by atoms with Crippen molar-refractivity contribution < 1.29 is 19.4 Å². The lowest BCUT2D eigenvalue weighted by Crippen LogP contribution is -2.26. The molecule has 15 heavy (non-hydrogen) atoms. The molecule has 0 N–H and O–H groups in total. The van der Waals surface area contributed by atoms with E-state index in [2.05, 4.69) is 0 Å². The minimum Gasteiger partial charge on any atom is -0.475 e. The molecule has 0 bridgehead atoms. The molecule has 0 saturated heterocycles. The Morgan fingerprint density at radius 1 is 1.40 bits per heavy atom. The predicted molar refractivity (Wildman–Crippen MR) is 53.3 cm³/mol. The lowest BCUT2D eigenvalue weighted by Gasteiger charge is -2.13.